The lowest BCUT2D eigenvalue weighted by Crippen LogP contribution is -2.50. The van der Waals surface area contributed by atoms with Crippen LogP contribution in [0.1, 0.15) is 51.1 Å². The van der Waals surface area contributed by atoms with Crippen molar-refractivity contribution in [2.24, 2.45) is 5.92 Å². The van der Waals surface area contributed by atoms with E-state index in [-0.39, 0.29) is 36.4 Å². The van der Waals surface area contributed by atoms with Gasteiger partial charge < -0.3 is 20.1 Å². The molecular formula is C20H30N2O4. The molecule has 1 aromatic carbocycles. The van der Waals surface area contributed by atoms with E-state index in [9.17, 15) is 14.7 Å². The van der Waals surface area contributed by atoms with E-state index in [1.165, 1.54) is 0 Å². The standard InChI is InChI=1S/C20H30N2O4/c1-4-5-12-22-18(24)11-10-16(20(25)21-14(2)13-23)19(22)15-8-6-7-9-17(15)26-3/h6-9,14,16,19,23H,4-5,10-13H2,1-3H3,(H,21,25). The summed E-state index contributed by atoms with van der Waals surface area (Å²) in [6.07, 6.45) is 2.72. The Hall–Kier alpha value is -2.08. The third kappa shape index (κ3) is 4.55. The molecule has 2 amide bonds. The molecule has 6 nitrogen and oxygen atoms in total. The third-order valence-electron chi connectivity index (χ3n) is 4.92. The monoisotopic (exact) mass is 362 g/mol. The average Bonchev–Trinajstić information content (AvgIpc) is 2.66. The molecule has 3 unspecified atom stereocenters. The number of nitrogens with zero attached hydrogens (tertiary/aromatic N) is 1. The maximum atomic E-state index is 12.9. The van der Waals surface area contributed by atoms with Gasteiger partial charge in [0, 0.05) is 24.6 Å². The topological polar surface area (TPSA) is 78.9 Å². The molecule has 0 aromatic heterocycles. The van der Waals surface area contributed by atoms with Crippen molar-refractivity contribution in [1.29, 1.82) is 0 Å². The highest BCUT2D eigenvalue weighted by atomic mass is 16.5. The number of nitrogens with one attached hydrogen (secondary N) is 1. The summed E-state index contributed by atoms with van der Waals surface area (Å²) in [6.45, 7) is 4.35. The van der Waals surface area contributed by atoms with Crippen molar-refractivity contribution < 1.29 is 19.4 Å². The predicted molar refractivity (Wildman–Crippen MR) is 99.8 cm³/mol. The zero-order chi connectivity index (χ0) is 19.1. The van der Waals surface area contributed by atoms with Gasteiger partial charge in [0.1, 0.15) is 5.75 Å². The number of aliphatic hydroxyl groups is 1. The Balaban J connectivity index is 2.41. The summed E-state index contributed by atoms with van der Waals surface area (Å²) >= 11 is 0. The summed E-state index contributed by atoms with van der Waals surface area (Å²) in [5.74, 6) is 0.265. The highest BCUT2D eigenvalue weighted by Crippen LogP contribution is 2.40. The quantitative estimate of drug-likeness (QED) is 0.744. The van der Waals surface area contributed by atoms with Gasteiger partial charge in [-0.2, -0.15) is 0 Å². The van der Waals surface area contributed by atoms with Gasteiger partial charge in [0.2, 0.25) is 11.8 Å². The van der Waals surface area contributed by atoms with Crippen LogP contribution in [0.5, 0.6) is 5.75 Å². The van der Waals surface area contributed by atoms with Crippen LogP contribution in [0.2, 0.25) is 0 Å². The van der Waals surface area contributed by atoms with Crippen LogP contribution in [-0.4, -0.2) is 48.1 Å². The number of benzene rings is 1. The number of ether oxygens (including phenoxy) is 1. The number of unbranched alkanes of at least 4 members (excludes halogenated alkanes) is 1. The second-order valence-electron chi connectivity index (χ2n) is 6.86. The Bertz CT molecular complexity index is 620. The average molecular weight is 362 g/mol. The number of rotatable bonds is 8. The largest absolute Gasteiger partial charge is 0.496 e. The first-order valence-corrected chi connectivity index (χ1v) is 9.37. The highest BCUT2D eigenvalue weighted by molar-refractivity contribution is 5.85. The van der Waals surface area contributed by atoms with Crippen LogP contribution in [0.25, 0.3) is 0 Å². The Morgan fingerprint density at radius 1 is 1.42 bits per heavy atom. The fourth-order valence-electron chi connectivity index (χ4n) is 3.51. The first-order chi connectivity index (χ1) is 12.5. The zero-order valence-electron chi connectivity index (χ0n) is 15.9. The van der Waals surface area contributed by atoms with E-state index in [1.807, 2.05) is 29.2 Å². The van der Waals surface area contributed by atoms with Gasteiger partial charge in [-0.3, -0.25) is 9.59 Å². The highest BCUT2D eigenvalue weighted by Gasteiger charge is 2.41. The van der Waals surface area contributed by atoms with Crippen molar-refractivity contribution in [3.63, 3.8) is 0 Å². The summed E-state index contributed by atoms with van der Waals surface area (Å²) in [5.41, 5.74) is 0.857. The summed E-state index contributed by atoms with van der Waals surface area (Å²) in [7, 11) is 1.60. The van der Waals surface area contributed by atoms with Gasteiger partial charge in [-0.1, -0.05) is 31.5 Å². The smallest absolute Gasteiger partial charge is 0.225 e. The molecule has 1 aromatic rings. The predicted octanol–water partition coefficient (Wildman–Crippen LogP) is 2.27. The molecular weight excluding hydrogens is 332 g/mol. The van der Waals surface area contributed by atoms with Crippen molar-refractivity contribution in [3.05, 3.63) is 29.8 Å². The minimum atomic E-state index is -0.366. The molecule has 0 saturated carbocycles. The minimum Gasteiger partial charge on any atom is -0.496 e. The van der Waals surface area contributed by atoms with Crippen molar-refractivity contribution in [2.75, 3.05) is 20.3 Å². The summed E-state index contributed by atoms with van der Waals surface area (Å²) < 4.78 is 5.51. The molecule has 1 saturated heterocycles. The molecule has 144 valence electrons. The number of hydrogen-bond acceptors (Lipinski definition) is 4. The maximum absolute atomic E-state index is 12.9. The van der Waals surface area contributed by atoms with Gasteiger partial charge in [0.05, 0.1) is 25.7 Å². The second-order valence-corrected chi connectivity index (χ2v) is 6.86. The van der Waals surface area contributed by atoms with Crippen LogP contribution in [0.4, 0.5) is 0 Å². The second kappa shape index (κ2) is 9.57. The number of carbonyl (C=O) groups is 2. The maximum Gasteiger partial charge on any atom is 0.225 e. The lowest BCUT2D eigenvalue weighted by atomic mass is 9.83. The summed E-state index contributed by atoms with van der Waals surface area (Å²) in [5, 5.41) is 12.1. The van der Waals surface area contributed by atoms with Crippen LogP contribution >= 0.6 is 0 Å². The minimum absolute atomic E-state index is 0.0774. The molecule has 26 heavy (non-hydrogen) atoms. The molecule has 6 heteroatoms. The van der Waals surface area contributed by atoms with Crippen molar-refractivity contribution in [1.82, 2.24) is 10.2 Å². The van der Waals surface area contributed by atoms with E-state index >= 15 is 0 Å². The molecule has 2 rings (SSSR count). The SMILES string of the molecule is CCCCN1C(=O)CCC(C(=O)NC(C)CO)C1c1ccccc1OC. The molecule has 1 fully saturated rings. The molecule has 3 atom stereocenters. The lowest BCUT2D eigenvalue weighted by molar-refractivity contribution is -0.143. The first kappa shape index (κ1) is 20.2. The molecule has 2 N–H and O–H groups in total. The van der Waals surface area contributed by atoms with E-state index in [4.69, 9.17) is 4.74 Å². The third-order valence-corrected chi connectivity index (χ3v) is 4.92. The van der Waals surface area contributed by atoms with Crippen LogP contribution in [-0.2, 0) is 9.59 Å². The molecule has 0 radical (unpaired) electrons. The van der Waals surface area contributed by atoms with Gasteiger partial charge in [-0.15, -0.1) is 0 Å². The molecule has 1 aliphatic heterocycles. The fraction of sp³-hybridized carbons (Fsp3) is 0.600. The molecule has 1 heterocycles. The number of para-hydroxylation sites is 1. The normalized spacial score (nSPS) is 21.4. The zero-order valence-corrected chi connectivity index (χ0v) is 15.9. The van der Waals surface area contributed by atoms with Crippen molar-refractivity contribution in [2.45, 2.75) is 51.6 Å². The van der Waals surface area contributed by atoms with Crippen molar-refractivity contribution >= 4 is 11.8 Å². The summed E-state index contributed by atoms with van der Waals surface area (Å²) in [6, 6.07) is 6.90. The van der Waals surface area contributed by atoms with Crippen molar-refractivity contribution in [3.8, 4) is 5.75 Å². The number of piperidine rings is 1. The number of aliphatic hydroxyl groups excluding tert-OH is 1. The Morgan fingerprint density at radius 3 is 2.81 bits per heavy atom. The van der Waals surface area contributed by atoms with Crippen LogP contribution < -0.4 is 10.1 Å². The number of methoxy groups -OCH3 is 1. The lowest BCUT2D eigenvalue weighted by Gasteiger charge is -2.41. The number of hydrogen-bond donors (Lipinski definition) is 2. The van der Waals surface area contributed by atoms with Crippen LogP contribution in [0.15, 0.2) is 24.3 Å². The van der Waals surface area contributed by atoms with E-state index in [2.05, 4.69) is 12.2 Å². The molecule has 0 spiro atoms. The van der Waals surface area contributed by atoms with E-state index in [0.717, 1.165) is 18.4 Å². The van der Waals surface area contributed by atoms with Gasteiger partial charge in [0.25, 0.3) is 0 Å². The molecule has 1 aliphatic rings. The van der Waals surface area contributed by atoms with E-state index < -0.39 is 0 Å². The Morgan fingerprint density at radius 2 is 2.15 bits per heavy atom. The van der Waals surface area contributed by atoms with Gasteiger partial charge >= 0.3 is 0 Å². The van der Waals surface area contributed by atoms with Crippen LogP contribution in [0, 0.1) is 5.92 Å². The fourth-order valence-corrected chi connectivity index (χ4v) is 3.51. The van der Waals surface area contributed by atoms with E-state index in [1.54, 1.807) is 14.0 Å². The van der Waals surface area contributed by atoms with Gasteiger partial charge in [0.15, 0.2) is 0 Å². The van der Waals surface area contributed by atoms with E-state index in [0.29, 0.717) is 25.1 Å². The Kier molecular flexibility index (Phi) is 7.45. The number of carbonyl (C=O) groups excluding carboxylic acids is 2. The number of likely N-dealkylation sites (tertiary alicyclic amines) is 1. The molecule has 0 bridgehead atoms. The summed E-state index contributed by atoms with van der Waals surface area (Å²) in [4.78, 5) is 27.4. The first-order valence-electron chi connectivity index (χ1n) is 9.37. The van der Waals surface area contributed by atoms with Crippen LogP contribution in [0.3, 0.4) is 0 Å². The van der Waals surface area contributed by atoms with Gasteiger partial charge in [-0.25, -0.2) is 0 Å². The molecule has 0 aliphatic carbocycles. The van der Waals surface area contributed by atoms with Gasteiger partial charge in [-0.05, 0) is 25.8 Å². The Labute approximate surface area is 155 Å². The number of amides is 2.